The number of hydrogen-bond donors (Lipinski definition) is 1. The van der Waals surface area contributed by atoms with Crippen LogP contribution in [-0.2, 0) is 9.59 Å². The van der Waals surface area contributed by atoms with Crippen LogP contribution in [0.3, 0.4) is 0 Å². The minimum atomic E-state index is -0.371. The molecule has 0 saturated heterocycles. The Labute approximate surface area is 129 Å². The van der Waals surface area contributed by atoms with Crippen LogP contribution in [0.25, 0.3) is 0 Å². The highest BCUT2D eigenvalue weighted by atomic mass is 35.5. The number of carbonyl (C=O) groups excluding carboxylic acids is 2. The van der Waals surface area contributed by atoms with Crippen LogP contribution in [0.2, 0.25) is 10.0 Å². The smallest absolute Gasteiger partial charge is 0.240 e. The van der Waals surface area contributed by atoms with Gasteiger partial charge < -0.3 is 10.2 Å². The second-order valence-corrected chi connectivity index (χ2v) is 6.29. The van der Waals surface area contributed by atoms with Crippen molar-refractivity contribution < 1.29 is 9.59 Å². The molecule has 0 heterocycles. The first-order chi connectivity index (χ1) is 9.11. The summed E-state index contributed by atoms with van der Waals surface area (Å²) in [6.07, 6.45) is 0. The summed E-state index contributed by atoms with van der Waals surface area (Å²) in [6.45, 7) is 6.84. The molecule has 20 heavy (non-hydrogen) atoms. The molecule has 0 aliphatic carbocycles. The second-order valence-electron chi connectivity index (χ2n) is 5.47. The van der Waals surface area contributed by atoms with E-state index in [-0.39, 0.29) is 23.9 Å². The van der Waals surface area contributed by atoms with E-state index in [9.17, 15) is 9.59 Å². The van der Waals surface area contributed by atoms with Gasteiger partial charge in [0.25, 0.3) is 0 Å². The van der Waals surface area contributed by atoms with Gasteiger partial charge in [0.1, 0.15) is 6.54 Å². The summed E-state index contributed by atoms with van der Waals surface area (Å²) >= 11 is 12.1. The molecule has 1 N–H and O–H groups in total. The molecule has 2 amide bonds. The third-order valence-corrected chi connectivity index (χ3v) is 3.01. The van der Waals surface area contributed by atoms with Crippen molar-refractivity contribution >= 4 is 40.7 Å². The Morgan fingerprint density at radius 2 is 1.70 bits per heavy atom. The number of anilines is 1. The summed E-state index contributed by atoms with van der Waals surface area (Å²) in [5.41, 5.74) is -0.0171. The van der Waals surface area contributed by atoms with Gasteiger partial charge in [-0.05, 0) is 32.9 Å². The minimum Gasteiger partial charge on any atom is -0.350 e. The van der Waals surface area contributed by atoms with E-state index >= 15 is 0 Å². The number of rotatable bonds is 3. The van der Waals surface area contributed by atoms with Crippen molar-refractivity contribution in [3.63, 3.8) is 0 Å². The van der Waals surface area contributed by atoms with Crippen LogP contribution in [0, 0.1) is 0 Å². The van der Waals surface area contributed by atoms with Crippen molar-refractivity contribution in [3.05, 3.63) is 28.2 Å². The van der Waals surface area contributed by atoms with Gasteiger partial charge in [-0.1, -0.05) is 29.3 Å². The number of benzene rings is 1. The number of amides is 2. The second kappa shape index (κ2) is 6.46. The van der Waals surface area contributed by atoms with Crippen molar-refractivity contribution in [2.24, 2.45) is 0 Å². The predicted molar refractivity (Wildman–Crippen MR) is 82.4 cm³/mol. The third kappa shape index (κ3) is 4.69. The molecule has 0 saturated carbocycles. The number of halogens is 2. The lowest BCUT2D eigenvalue weighted by Gasteiger charge is -2.26. The Hall–Kier alpha value is -1.26. The molecule has 0 bridgehead atoms. The molecule has 0 fully saturated rings. The molecular weight excluding hydrogens is 299 g/mol. The van der Waals surface area contributed by atoms with Gasteiger partial charge in [-0.2, -0.15) is 0 Å². The van der Waals surface area contributed by atoms with E-state index < -0.39 is 0 Å². The van der Waals surface area contributed by atoms with Gasteiger partial charge in [0.15, 0.2) is 0 Å². The van der Waals surface area contributed by atoms with E-state index in [0.29, 0.717) is 15.7 Å². The van der Waals surface area contributed by atoms with E-state index in [4.69, 9.17) is 23.2 Å². The monoisotopic (exact) mass is 316 g/mol. The summed E-state index contributed by atoms with van der Waals surface area (Å²) in [6, 6.07) is 4.93. The van der Waals surface area contributed by atoms with E-state index in [2.05, 4.69) is 5.32 Å². The Morgan fingerprint density at radius 1 is 1.20 bits per heavy atom. The Morgan fingerprint density at radius 3 is 2.10 bits per heavy atom. The van der Waals surface area contributed by atoms with Crippen LogP contribution in [0.4, 0.5) is 5.69 Å². The maximum absolute atomic E-state index is 12.0. The summed E-state index contributed by atoms with van der Waals surface area (Å²) in [5, 5.41) is 3.45. The van der Waals surface area contributed by atoms with Gasteiger partial charge >= 0.3 is 0 Å². The fourth-order valence-electron chi connectivity index (χ4n) is 1.70. The molecule has 0 atom stereocenters. The zero-order valence-corrected chi connectivity index (χ0v) is 13.5. The average Bonchev–Trinajstić information content (AvgIpc) is 2.24. The van der Waals surface area contributed by atoms with Crippen molar-refractivity contribution in [1.29, 1.82) is 0 Å². The molecule has 0 spiro atoms. The molecule has 0 radical (unpaired) electrons. The van der Waals surface area contributed by atoms with Crippen LogP contribution in [0.5, 0.6) is 0 Å². The maximum atomic E-state index is 12.0. The van der Waals surface area contributed by atoms with Gasteiger partial charge in [0, 0.05) is 12.5 Å². The summed E-state index contributed by atoms with van der Waals surface area (Å²) in [4.78, 5) is 25.0. The van der Waals surface area contributed by atoms with Crippen LogP contribution in [-0.4, -0.2) is 23.9 Å². The lowest BCUT2D eigenvalue weighted by molar-refractivity contribution is -0.124. The highest BCUT2D eigenvalue weighted by molar-refractivity contribution is 6.40. The zero-order chi connectivity index (χ0) is 15.5. The molecular formula is C14H18Cl2N2O2. The van der Waals surface area contributed by atoms with Gasteiger partial charge in [0.2, 0.25) is 11.8 Å². The third-order valence-electron chi connectivity index (χ3n) is 2.40. The average molecular weight is 317 g/mol. The number of para-hydroxylation sites is 1. The highest BCUT2D eigenvalue weighted by Gasteiger charge is 2.22. The summed E-state index contributed by atoms with van der Waals surface area (Å²) < 4.78 is 0. The molecule has 6 heteroatoms. The quantitative estimate of drug-likeness (QED) is 0.930. The Kier molecular flexibility index (Phi) is 5.42. The van der Waals surface area contributed by atoms with Gasteiger partial charge in [-0.3, -0.25) is 9.59 Å². The molecule has 1 aromatic carbocycles. The lowest BCUT2D eigenvalue weighted by atomic mass is 10.1. The number of carbonyl (C=O) groups is 2. The first-order valence-electron chi connectivity index (χ1n) is 6.15. The number of nitrogens with zero attached hydrogens (tertiary/aromatic N) is 1. The summed E-state index contributed by atoms with van der Waals surface area (Å²) in [7, 11) is 0. The van der Waals surface area contributed by atoms with Gasteiger partial charge in [-0.25, -0.2) is 0 Å². The predicted octanol–water partition coefficient (Wildman–Crippen LogP) is 3.26. The van der Waals surface area contributed by atoms with Crippen molar-refractivity contribution in [2.75, 3.05) is 11.4 Å². The molecule has 1 aromatic rings. The molecule has 0 aromatic heterocycles. The van der Waals surface area contributed by atoms with Crippen molar-refractivity contribution in [3.8, 4) is 0 Å². The molecule has 110 valence electrons. The number of nitrogens with one attached hydrogen (secondary N) is 1. The first kappa shape index (κ1) is 16.8. The lowest BCUT2D eigenvalue weighted by Crippen LogP contribution is -2.47. The molecule has 1 rings (SSSR count). The first-order valence-corrected chi connectivity index (χ1v) is 6.90. The van der Waals surface area contributed by atoms with Crippen LogP contribution >= 0.6 is 23.2 Å². The maximum Gasteiger partial charge on any atom is 0.240 e. The summed E-state index contributed by atoms with van der Waals surface area (Å²) in [5.74, 6) is -0.576. The van der Waals surface area contributed by atoms with Gasteiger partial charge in [0.05, 0.1) is 15.7 Å². The van der Waals surface area contributed by atoms with Crippen LogP contribution < -0.4 is 10.2 Å². The topological polar surface area (TPSA) is 49.4 Å². The van der Waals surface area contributed by atoms with Crippen molar-refractivity contribution in [1.82, 2.24) is 5.32 Å². The normalized spacial score (nSPS) is 11.1. The molecule has 0 unspecified atom stereocenters. The van der Waals surface area contributed by atoms with E-state index in [1.807, 2.05) is 20.8 Å². The molecule has 0 aliphatic heterocycles. The molecule has 4 nitrogen and oxygen atoms in total. The standard InChI is InChI=1S/C14H18Cl2N2O2/c1-9(19)18(8-12(20)17-14(2,3)4)13-10(15)6-5-7-11(13)16/h5-7H,8H2,1-4H3,(H,17,20). The van der Waals surface area contributed by atoms with Crippen LogP contribution in [0.15, 0.2) is 18.2 Å². The largest absolute Gasteiger partial charge is 0.350 e. The van der Waals surface area contributed by atoms with E-state index in [1.165, 1.54) is 11.8 Å². The fourth-order valence-corrected chi connectivity index (χ4v) is 2.30. The Bertz CT molecular complexity index is 504. The zero-order valence-electron chi connectivity index (χ0n) is 12.0. The Balaban J connectivity index is 3.02. The highest BCUT2D eigenvalue weighted by Crippen LogP contribution is 2.33. The van der Waals surface area contributed by atoms with Crippen LogP contribution in [0.1, 0.15) is 27.7 Å². The number of hydrogen-bond acceptors (Lipinski definition) is 2. The SMILES string of the molecule is CC(=O)N(CC(=O)NC(C)(C)C)c1c(Cl)cccc1Cl. The minimum absolute atomic E-state index is 0.129. The van der Waals surface area contributed by atoms with E-state index in [0.717, 1.165) is 0 Å². The van der Waals surface area contributed by atoms with Crippen molar-refractivity contribution in [2.45, 2.75) is 33.2 Å². The van der Waals surface area contributed by atoms with E-state index in [1.54, 1.807) is 18.2 Å². The van der Waals surface area contributed by atoms with Gasteiger partial charge in [-0.15, -0.1) is 0 Å². The fraction of sp³-hybridized carbons (Fsp3) is 0.429. The molecule has 0 aliphatic rings.